The summed E-state index contributed by atoms with van der Waals surface area (Å²) in [6, 6.07) is 8.38. The van der Waals surface area contributed by atoms with Gasteiger partial charge in [0, 0.05) is 32.7 Å². The monoisotopic (exact) mass is 288 g/mol. The lowest BCUT2D eigenvalue weighted by Crippen LogP contribution is -2.46. The van der Waals surface area contributed by atoms with Crippen LogP contribution in [0.5, 0.6) is 0 Å². The summed E-state index contributed by atoms with van der Waals surface area (Å²) in [5, 5.41) is 9.63. The molecule has 1 aromatic carbocycles. The van der Waals surface area contributed by atoms with Crippen molar-refractivity contribution in [3.8, 4) is 0 Å². The third-order valence-electron chi connectivity index (χ3n) is 4.35. The Balaban J connectivity index is 1.64. The molecule has 5 nitrogen and oxygen atoms in total. The van der Waals surface area contributed by atoms with Gasteiger partial charge in [0.05, 0.1) is 12.6 Å². The fraction of sp³-hybridized carbons (Fsp3) is 0.562. The van der Waals surface area contributed by atoms with E-state index < -0.39 is 0 Å². The van der Waals surface area contributed by atoms with Crippen LogP contribution in [0.4, 0.5) is 0 Å². The van der Waals surface area contributed by atoms with Crippen LogP contribution < -0.4 is 5.73 Å². The van der Waals surface area contributed by atoms with Crippen molar-refractivity contribution in [3.05, 3.63) is 35.4 Å². The number of aliphatic hydroxyl groups excluding tert-OH is 1. The van der Waals surface area contributed by atoms with E-state index in [1.165, 1.54) is 17.5 Å². The van der Waals surface area contributed by atoms with Crippen molar-refractivity contribution in [2.24, 2.45) is 10.7 Å². The van der Waals surface area contributed by atoms with Gasteiger partial charge in [0.1, 0.15) is 0 Å². The summed E-state index contributed by atoms with van der Waals surface area (Å²) in [5.74, 6) is 0.660. The number of benzene rings is 1. The number of nitrogens with two attached hydrogens (primary N) is 1. The van der Waals surface area contributed by atoms with Gasteiger partial charge in [-0.1, -0.05) is 24.3 Å². The molecule has 0 radical (unpaired) electrons. The molecule has 3 rings (SSSR count). The van der Waals surface area contributed by atoms with Gasteiger partial charge in [0.25, 0.3) is 0 Å². The Morgan fingerprint density at radius 2 is 2.00 bits per heavy atom. The van der Waals surface area contributed by atoms with E-state index in [9.17, 15) is 5.11 Å². The lowest BCUT2D eigenvalue weighted by molar-refractivity contribution is 0.174. The van der Waals surface area contributed by atoms with Crippen LogP contribution in [0.2, 0.25) is 0 Å². The van der Waals surface area contributed by atoms with Crippen LogP contribution >= 0.6 is 0 Å². The lowest BCUT2D eigenvalue weighted by atomic mass is 10.1. The molecule has 0 bridgehead atoms. The number of aliphatic hydroxyl groups is 1. The molecule has 21 heavy (non-hydrogen) atoms. The molecule has 1 aromatic rings. The van der Waals surface area contributed by atoms with Crippen LogP contribution in [0.15, 0.2) is 29.3 Å². The molecule has 1 unspecified atom stereocenters. The molecule has 1 atom stereocenters. The second kappa shape index (κ2) is 6.45. The van der Waals surface area contributed by atoms with Gasteiger partial charge in [-0.3, -0.25) is 4.90 Å². The van der Waals surface area contributed by atoms with Gasteiger partial charge in [-0.2, -0.15) is 0 Å². The predicted molar refractivity (Wildman–Crippen MR) is 83.9 cm³/mol. The third-order valence-corrected chi connectivity index (χ3v) is 4.35. The van der Waals surface area contributed by atoms with Crippen molar-refractivity contribution in [2.75, 3.05) is 26.2 Å². The van der Waals surface area contributed by atoms with Crippen molar-refractivity contribution in [2.45, 2.75) is 32.0 Å². The van der Waals surface area contributed by atoms with E-state index >= 15 is 0 Å². The number of nitrogens with zero attached hydrogens (tertiary/aromatic N) is 3. The Labute approximate surface area is 126 Å². The first kappa shape index (κ1) is 14.4. The number of guanidine groups is 1. The number of likely N-dealkylation sites (tertiary alicyclic amines) is 2. The van der Waals surface area contributed by atoms with Crippen LogP contribution in [0.25, 0.3) is 0 Å². The Bertz CT molecular complexity index is 513. The Hall–Kier alpha value is -1.59. The summed E-state index contributed by atoms with van der Waals surface area (Å²) in [4.78, 5) is 8.93. The highest BCUT2D eigenvalue weighted by molar-refractivity contribution is 5.78. The first-order valence-corrected chi connectivity index (χ1v) is 7.74. The molecule has 0 aliphatic carbocycles. The van der Waals surface area contributed by atoms with Crippen LogP contribution in [-0.4, -0.2) is 53.1 Å². The smallest absolute Gasteiger partial charge is 0.191 e. The van der Waals surface area contributed by atoms with Gasteiger partial charge in [0.15, 0.2) is 5.96 Å². The summed E-state index contributed by atoms with van der Waals surface area (Å²) < 4.78 is 0. The van der Waals surface area contributed by atoms with Gasteiger partial charge in [-0.15, -0.1) is 0 Å². The molecule has 2 heterocycles. The van der Waals surface area contributed by atoms with Gasteiger partial charge in [0.2, 0.25) is 0 Å². The van der Waals surface area contributed by atoms with Crippen LogP contribution in [-0.2, 0) is 13.1 Å². The summed E-state index contributed by atoms with van der Waals surface area (Å²) in [6.45, 7) is 5.31. The largest absolute Gasteiger partial charge is 0.392 e. The summed E-state index contributed by atoms with van der Waals surface area (Å²) >= 11 is 0. The number of β-amino-alcohol motifs (C(OH)–C–C–N with tert-alkyl or cyclic N) is 1. The lowest BCUT2D eigenvalue weighted by Gasteiger charge is -2.31. The van der Waals surface area contributed by atoms with Crippen molar-refractivity contribution >= 4 is 5.96 Å². The topological polar surface area (TPSA) is 65.1 Å². The van der Waals surface area contributed by atoms with E-state index in [-0.39, 0.29) is 6.10 Å². The van der Waals surface area contributed by atoms with Crippen molar-refractivity contribution in [1.82, 2.24) is 9.80 Å². The van der Waals surface area contributed by atoms with E-state index in [0.717, 1.165) is 39.1 Å². The highest BCUT2D eigenvalue weighted by Crippen LogP contribution is 2.17. The molecule has 3 N–H and O–H groups in total. The number of hydrogen-bond donors (Lipinski definition) is 2. The summed E-state index contributed by atoms with van der Waals surface area (Å²) in [5.41, 5.74) is 8.50. The molecule has 5 heteroatoms. The van der Waals surface area contributed by atoms with E-state index in [1.807, 2.05) is 6.07 Å². The molecular formula is C16H24N4O. The molecule has 2 fully saturated rings. The first-order chi connectivity index (χ1) is 10.2. The quantitative estimate of drug-likeness (QED) is 0.634. The molecular weight excluding hydrogens is 264 g/mol. The maximum absolute atomic E-state index is 9.63. The maximum atomic E-state index is 9.63. The summed E-state index contributed by atoms with van der Waals surface area (Å²) in [7, 11) is 0. The second-order valence-corrected chi connectivity index (χ2v) is 5.96. The van der Waals surface area contributed by atoms with Crippen molar-refractivity contribution < 1.29 is 5.11 Å². The van der Waals surface area contributed by atoms with Crippen LogP contribution in [0, 0.1) is 0 Å². The minimum absolute atomic E-state index is 0.169. The minimum Gasteiger partial charge on any atom is -0.392 e. The molecule has 0 amide bonds. The standard InChI is InChI=1S/C16H24N4O/c17-16(20-7-3-8-20)18-10-13-4-1-2-5-14(13)11-19-9-6-15(21)12-19/h1-2,4-5,15,21H,3,6-12H2,(H2,17,18). The molecule has 2 aliphatic rings. The fourth-order valence-electron chi connectivity index (χ4n) is 2.87. The van der Waals surface area contributed by atoms with Crippen LogP contribution in [0.1, 0.15) is 24.0 Å². The number of hydrogen-bond acceptors (Lipinski definition) is 3. The first-order valence-electron chi connectivity index (χ1n) is 7.74. The zero-order valence-corrected chi connectivity index (χ0v) is 12.4. The van der Waals surface area contributed by atoms with Crippen molar-refractivity contribution in [3.63, 3.8) is 0 Å². The fourth-order valence-corrected chi connectivity index (χ4v) is 2.87. The highest BCUT2D eigenvalue weighted by atomic mass is 16.3. The molecule has 114 valence electrons. The summed E-state index contributed by atoms with van der Waals surface area (Å²) in [6.07, 6.45) is 1.92. The van der Waals surface area contributed by atoms with Crippen LogP contribution in [0.3, 0.4) is 0 Å². The SMILES string of the molecule is NC(=NCc1ccccc1CN1CCC(O)C1)N1CCC1. The highest BCUT2D eigenvalue weighted by Gasteiger charge is 2.21. The zero-order chi connectivity index (χ0) is 14.7. The molecule has 2 aliphatic heterocycles. The van der Waals surface area contributed by atoms with Gasteiger partial charge < -0.3 is 15.7 Å². The van der Waals surface area contributed by atoms with Crippen molar-refractivity contribution in [1.29, 1.82) is 0 Å². The van der Waals surface area contributed by atoms with Gasteiger partial charge >= 0.3 is 0 Å². The van der Waals surface area contributed by atoms with E-state index in [4.69, 9.17) is 5.73 Å². The predicted octanol–water partition coefficient (Wildman–Crippen LogP) is 0.774. The Kier molecular flexibility index (Phi) is 4.41. The van der Waals surface area contributed by atoms with Gasteiger partial charge in [-0.05, 0) is 24.0 Å². The van der Waals surface area contributed by atoms with Gasteiger partial charge in [-0.25, -0.2) is 4.99 Å². The zero-order valence-electron chi connectivity index (χ0n) is 12.4. The second-order valence-electron chi connectivity index (χ2n) is 5.96. The van der Waals surface area contributed by atoms with E-state index in [1.54, 1.807) is 0 Å². The Morgan fingerprint density at radius 3 is 2.62 bits per heavy atom. The third kappa shape index (κ3) is 3.54. The average molecular weight is 288 g/mol. The average Bonchev–Trinajstić information content (AvgIpc) is 2.81. The minimum atomic E-state index is -0.169. The molecule has 0 spiro atoms. The molecule has 2 saturated heterocycles. The normalized spacial score (nSPS) is 23.4. The number of rotatable bonds is 4. The maximum Gasteiger partial charge on any atom is 0.191 e. The van der Waals surface area contributed by atoms with E-state index in [2.05, 4.69) is 33.0 Å². The Morgan fingerprint density at radius 1 is 1.24 bits per heavy atom. The molecule has 0 aromatic heterocycles. The van der Waals surface area contributed by atoms with E-state index in [0.29, 0.717) is 12.5 Å². The number of aliphatic imine (C=N–C) groups is 1. The molecule has 0 saturated carbocycles.